The molecule has 20 heavy (non-hydrogen) atoms. The van der Waals surface area contributed by atoms with Crippen LogP contribution in [-0.4, -0.2) is 28.1 Å². The van der Waals surface area contributed by atoms with E-state index in [-0.39, 0.29) is 23.3 Å². The molecule has 114 valence electrons. The molecule has 0 aromatic heterocycles. The van der Waals surface area contributed by atoms with E-state index in [2.05, 4.69) is 20.7 Å². The summed E-state index contributed by atoms with van der Waals surface area (Å²) in [5, 5.41) is 0. The maximum Gasteiger partial charge on any atom is 0.241 e. The van der Waals surface area contributed by atoms with Crippen molar-refractivity contribution in [2.75, 3.05) is 13.7 Å². The summed E-state index contributed by atoms with van der Waals surface area (Å²) in [6.07, 6.45) is 2.07. The minimum Gasteiger partial charge on any atom is -0.497 e. The Labute approximate surface area is 133 Å². The van der Waals surface area contributed by atoms with E-state index in [0.29, 0.717) is 22.7 Å². The molecule has 0 saturated heterocycles. The Kier molecular flexibility index (Phi) is 6.27. The SMILES string of the molecule is COc1ccc(S(=O)(=O)NC(CN)C2CC2)c(Br)c1.Cl. The van der Waals surface area contributed by atoms with E-state index in [4.69, 9.17) is 10.5 Å². The summed E-state index contributed by atoms with van der Waals surface area (Å²) in [5.74, 6) is 0.972. The molecule has 1 aliphatic rings. The lowest BCUT2D eigenvalue weighted by molar-refractivity contribution is 0.414. The maximum atomic E-state index is 12.3. The van der Waals surface area contributed by atoms with Crippen LogP contribution in [0.15, 0.2) is 27.6 Å². The first kappa shape index (κ1) is 17.7. The maximum absolute atomic E-state index is 12.3. The number of hydrogen-bond donors (Lipinski definition) is 2. The highest BCUT2D eigenvalue weighted by molar-refractivity contribution is 9.10. The molecule has 0 bridgehead atoms. The van der Waals surface area contributed by atoms with Crippen LogP contribution in [0.2, 0.25) is 0 Å². The van der Waals surface area contributed by atoms with Gasteiger partial charge in [0.05, 0.1) is 12.0 Å². The number of benzene rings is 1. The molecule has 1 fully saturated rings. The van der Waals surface area contributed by atoms with Crippen molar-refractivity contribution in [1.82, 2.24) is 4.72 Å². The molecule has 0 heterocycles. The van der Waals surface area contributed by atoms with Gasteiger partial charge in [-0.3, -0.25) is 0 Å². The molecule has 0 radical (unpaired) electrons. The van der Waals surface area contributed by atoms with Gasteiger partial charge in [0, 0.05) is 17.1 Å². The zero-order chi connectivity index (χ0) is 14.0. The number of ether oxygens (including phenoxy) is 1. The molecule has 1 aromatic carbocycles. The van der Waals surface area contributed by atoms with Gasteiger partial charge in [-0.15, -0.1) is 12.4 Å². The van der Waals surface area contributed by atoms with Crippen molar-refractivity contribution < 1.29 is 13.2 Å². The summed E-state index contributed by atoms with van der Waals surface area (Å²) in [7, 11) is -2.03. The first-order chi connectivity index (χ1) is 8.97. The Balaban J connectivity index is 0.00000200. The molecule has 5 nitrogen and oxygen atoms in total. The van der Waals surface area contributed by atoms with Crippen molar-refractivity contribution >= 4 is 38.4 Å². The van der Waals surface area contributed by atoms with Crippen LogP contribution in [0.25, 0.3) is 0 Å². The minimum atomic E-state index is -3.56. The van der Waals surface area contributed by atoms with Crippen LogP contribution < -0.4 is 15.2 Å². The highest BCUT2D eigenvalue weighted by Crippen LogP contribution is 2.33. The lowest BCUT2D eigenvalue weighted by atomic mass is 10.2. The Morgan fingerprint density at radius 2 is 2.15 bits per heavy atom. The molecule has 2 rings (SSSR count). The number of sulfonamides is 1. The molecule has 1 aliphatic carbocycles. The van der Waals surface area contributed by atoms with Gasteiger partial charge in [-0.2, -0.15) is 0 Å². The monoisotopic (exact) mass is 384 g/mol. The van der Waals surface area contributed by atoms with Gasteiger partial charge < -0.3 is 10.5 Å². The molecule has 3 N–H and O–H groups in total. The fraction of sp³-hybridized carbons (Fsp3) is 0.500. The molecule has 1 unspecified atom stereocenters. The van der Waals surface area contributed by atoms with Crippen molar-refractivity contribution in [3.05, 3.63) is 22.7 Å². The molecular weight excluding hydrogens is 368 g/mol. The summed E-state index contributed by atoms with van der Waals surface area (Å²) in [5.41, 5.74) is 5.62. The van der Waals surface area contributed by atoms with E-state index in [0.717, 1.165) is 12.8 Å². The Hall–Kier alpha value is -0.340. The number of rotatable bonds is 6. The van der Waals surface area contributed by atoms with Crippen LogP contribution in [0, 0.1) is 5.92 Å². The average molecular weight is 386 g/mol. The van der Waals surface area contributed by atoms with Gasteiger partial charge in [0.1, 0.15) is 5.75 Å². The summed E-state index contributed by atoms with van der Waals surface area (Å²) in [4.78, 5) is 0.201. The van der Waals surface area contributed by atoms with Crippen molar-refractivity contribution in [3.63, 3.8) is 0 Å². The van der Waals surface area contributed by atoms with Crippen LogP contribution in [0.4, 0.5) is 0 Å². The van der Waals surface area contributed by atoms with Crippen LogP contribution in [0.1, 0.15) is 12.8 Å². The van der Waals surface area contributed by atoms with Crippen LogP contribution in [0.3, 0.4) is 0 Å². The Bertz CT molecular complexity index is 564. The van der Waals surface area contributed by atoms with Gasteiger partial charge in [0.2, 0.25) is 10.0 Å². The van der Waals surface area contributed by atoms with Crippen molar-refractivity contribution in [2.45, 2.75) is 23.8 Å². The van der Waals surface area contributed by atoms with E-state index in [1.807, 2.05) is 0 Å². The fourth-order valence-corrected chi connectivity index (χ4v) is 4.30. The largest absolute Gasteiger partial charge is 0.497 e. The molecule has 0 amide bonds. The standard InChI is InChI=1S/C12H17BrN2O3S.ClH/c1-18-9-4-5-12(10(13)6-9)19(16,17)15-11(7-14)8-2-3-8;/h4-6,8,11,15H,2-3,7,14H2,1H3;1H. The third-order valence-electron chi connectivity index (χ3n) is 3.18. The van der Waals surface area contributed by atoms with Gasteiger partial charge in [-0.1, -0.05) is 0 Å². The predicted molar refractivity (Wildman–Crippen MR) is 83.8 cm³/mol. The Morgan fingerprint density at radius 3 is 2.60 bits per heavy atom. The molecule has 1 saturated carbocycles. The number of hydrogen-bond acceptors (Lipinski definition) is 4. The van der Waals surface area contributed by atoms with E-state index < -0.39 is 10.0 Å². The van der Waals surface area contributed by atoms with Crippen molar-refractivity contribution in [1.29, 1.82) is 0 Å². The Morgan fingerprint density at radius 1 is 1.50 bits per heavy atom. The first-order valence-corrected chi connectivity index (χ1v) is 8.31. The first-order valence-electron chi connectivity index (χ1n) is 6.04. The second kappa shape index (κ2) is 7.09. The molecule has 1 atom stereocenters. The van der Waals surface area contributed by atoms with Crippen molar-refractivity contribution in [3.8, 4) is 5.75 Å². The lowest BCUT2D eigenvalue weighted by Gasteiger charge is -2.17. The van der Waals surface area contributed by atoms with Gasteiger partial charge in [0.15, 0.2) is 0 Å². The van der Waals surface area contributed by atoms with E-state index in [1.54, 1.807) is 12.1 Å². The minimum absolute atomic E-state index is 0. The van der Waals surface area contributed by atoms with Crippen LogP contribution in [0.5, 0.6) is 5.75 Å². The molecule has 0 aliphatic heterocycles. The second-order valence-corrected chi connectivity index (χ2v) is 7.13. The van der Waals surface area contributed by atoms with Crippen LogP contribution >= 0.6 is 28.3 Å². The van der Waals surface area contributed by atoms with Crippen molar-refractivity contribution in [2.24, 2.45) is 11.7 Å². The number of halogens is 2. The number of nitrogens with one attached hydrogen (secondary N) is 1. The molecule has 8 heteroatoms. The quantitative estimate of drug-likeness (QED) is 0.783. The van der Waals surface area contributed by atoms with Gasteiger partial charge in [0.25, 0.3) is 0 Å². The van der Waals surface area contributed by atoms with Gasteiger partial charge >= 0.3 is 0 Å². The lowest BCUT2D eigenvalue weighted by Crippen LogP contribution is -2.41. The summed E-state index contributed by atoms with van der Waals surface area (Å²) in [6.45, 7) is 0.317. The fourth-order valence-electron chi connectivity index (χ4n) is 1.92. The van der Waals surface area contributed by atoms with Gasteiger partial charge in [-0.25, -0.2) is 13.1 Å². The van der Waals surface area contributed by atoms with Crippen LogP contribution in [-0.2, 0) is 10.0 Å². The molecule has 0 spiro atoms. The normalized spacial score (nSPS) is 16.4. The average Bonchev–Trinajstić information content (AvgIpc) is 3.19. The zero-order valence-corrected chi connectivity index (χ0v) is 14.2. The number of methoxy groups -OCH3 is 1. The van der Waals surface area contributed by atoms with E-state index in [1.165, 1.54) is 13.2 Å². The smallest absolute Gasteiger partial charge is 0.241 e. The third-order valence-corrected chi connectivity index (χ3v) is 5.65. The zero-order valence-electron chi connectivity index (χ0n) is 11.0. The van der Waals surface area contributed by atoms with E-state index >= 15 is 0 Å². The second-order valence-electron chi connectivity index (χ2n) is 4.60. The third kappa shape index (κ3) is 4.08. The molecular formula is C12H18BrClN2O3S. The summed E-state index contributed by atoms with van der Waals surface area (Å²) < 4.78 is 32.8. The predicted octanol–water partition coefficient (Wildman–Crippen LogP) is 1.90. The van der Waals surface area contributed by atoms with Gasteiger partial charge in [-0.05, 0) is 52.9 Å². The highest BCUT2D eigenvalue weighted by Gasteiger charge is 2.33. The topological polar surface area (TPSA) is 81.4 Å². The highest BCUT2D eigenvalue weighted by atomic mass is 79.9. The molecule has 1 aromatic rings. The summed E-state index contributed by atoms with van der Waals surface area (Å²) >= 11 is 3.26. The van der Waals surface area contributed by atoms with E-state index in [9.17, 15) is 8.42 Å². The number of nitrogens with two attached hydrogens (primary N) is 1. The summed E-state index contributed by atoms with van der Waals surface area (Å²) in [6, 6.07) is 4.59.